The molecule has 3 aromatic carbocycles. The van der Waals surface area contributed by atoms with E-state index in [1.165, 1.54) is 21.7 Å². The minimum atomic E-state index is -0.458. The third kappa shape index (κ3) is 2.90. The van der Waals surface area contributed by atoms with Crippen molar-refractivity contribution in [1.29, 1.82) is 0 Å². The quantitative estimate of drug-likeness (QED) is 0.718. The lowest BCUT2D eigenvalue weighted by molar-refractivity contribution is 0.582. The zero-order valence-corrected chi connectivity index (χ0v) is 14.6. The number of nitrogens with two attached hydrogens (primary N) is 1. The van der Waals surface area contributed by atoms with Gasteiger partial charge in [0.15, 0.2) is 0 Å². The first-order valence-electron chi connectivity index (χ1n) is 8.57. The van der Waals surface area contributed by atoms with Gasteiger partial charge in [0.1, 0.15) is 0 Å². The smallest absolute Gasteiger partial charge is 0.0372 e. The monoisotopic (exact) mass is 331 g/mol. The maximum Gasteiger partial charge on any atom is 0.0372 e. The van der Waals surface area contributed by atoms with Crippen LogP contribution in [0.15, 0.2) is 84.9 Å². The van der Waals surface area contributed by atoms with Crippen molar-refractivity contribution in [1.82, 2.24) is 0 Å². The Morgan fingerprint density at radius 1 is 0.708 bits per heavy atom. The number of rotatable bonds is 3. The van der Waals surface area contributed by atoms with Crippen LogP contribution in [0.2, 0.25) is 0 Å². The molecule has 2 N–H and O–H groups in total. The molecule has 1 aliphatic rings. The van der Waals surface area contributed by atoms with Crippen LogP contribution in [-0.2, 0) is 6.42 Å². The van der Waals surface area contributed by atoms with E-state index >= 15 is 0 Å². The van der Waals surface area contributed by atoms with E-state index in [0.29, 0.717) is 5.66 Å². The molecular formula is C22H22NP. The zero-order chi connectivity index (χ0) is 16.4. The Hall–Kier alpha value is -1.95. The van der Waals surface area contributed by atoms with Crippen molar-refractivity contribution >= 4 is 18.5 Å². The summed E-state index contributed by atoms with van der Waals surface area (Å²) in [5.74, 6) is 0. The molecule has 120 valence electrons. The summed E-state index contributed by atoms with van der Waals surface area (Å²) in [5, 5.41) is 2.86. The standard InChI is InChI=1S/C22H22NP/c23-22-20-14-8-7-9-17(20)15-16-21(22)24(18-10-3-1-4-11-18)19-12-5-2-6-13-19/h1-14,21-22H,15-16,23H2. The highest BCUT2D eigenvalue weighted by Gasteiger charge is 2.34. The van der Waals surface area contributed by atoms with Crippen LogP contribution in [0.1, 0.15) is 23.6 Å². The highest BCUT2D eigenvalue weighted by Crippen LogP contribution is 2.49. The fraction of sp³-hybridized carbons (Fsp3) is 0.182. The van der Waals surface area contributed by atoms with Crippen LogP contribution in [0.3, 0.4) is 0 Å². The highest BCUT2D eigenvalue weighted by atomic mass is 31.1. The molecule has 0 bridgehead atoms. The average Bonchev–Trinajstić information content (AvgIpc) is 2.66. The molecule has 0 heterocycles. The second-order valence-electron chi connectivity index (χ2n) is 6.37. The van der Waals surface area contributed by atoms with Crippen molar-refractivity contribution in [3.63, 3.8) is 0 Å². The van der Waals surface area contributed by atoms with Gasteiger partial charge in [-0.1, -0.05) is 84.9 Å². The van der Waals surface area contributed by atoms with Gasteiger partial charge in [-0.15, -0.1) is 0 Å². The van der Waals surface area contributed by atoms with Crippen molar-refractivity contribution in [2.75, 3.05) is 0 Å². The number of fused-ring (bicyclic) bond motifs is 1. The molecule has 2 atom stereocenters. The fourth-order valence-corrected chi connectivity index (χ4v) is 6.70. The summed E-state index contributed by atoms with van der Waals surface area (Å²) in [6, 6.07) is 30.7. The van der Waals surface area contributed by atoms with E-state index in [1.807, 2.05) is 0 Å². The largest absolute Gasteiger partial charge is 0.323 e. The fourth-order valence-electron chi connectivity index (χ4n) is 3.78. The van der Waals surface area contributed by atoms with Crippen molar-refractivity contribution in [3.05, 3.63) is 96.1 Å². The molecule has 0 saturated carbocycles. The van der Waals surface area contributed by atoms with Crippen LogP contribution >= 0.6 is 7.92 Å². The van der Waals surface area contributed by atoms with E-state index in [4.69, 9.17) is 5.73 Å². The molecule has 0 amide bonds. The van der Waals surface area contributed by atoms with E-state index in [9.17, 15) is 0 Å². The van der Waals surface area contributed by atoms with Gasteiger partial charge in [-0.2, -0.15) is 0 Å². The summed E-state index contributed by atoms with van der Waals surface area (Å²) in [4.78, 5) is 0. The van der Waals surface area contributed by atoms with Crippen LogP contribution in [0, 0.1) is 0 Å². The topological polar surface area (TPSA) is 26.0 Å². The van der Waals surface area contributed by atoms with Crippen molar-refractivity contribution in [2.24, 2.45) is 5.73 Å². The van der Waals surface area contributed by atoms with Gasteiger partial charge in [0.2, 0.25) is 0 Å². The van der Waals surface area contributed by atoms with Gasteiger partial charge in [-0.25, -0.2) is 0 Å². The summed E-state index contributed by atoms with van der Waals surface area (Å²) < 4.78 is 0. The minimum Gasteiger partial charge on any atom is -0.323 e. The van der Waals surface area contributed by atoms with Gasteiger partial charge in [0.25, 0.3) is 0 Å². The third-order valence-corrected chi connectivity index (χ3v) is 7.89. The maximum atomic E-state index is 6.78. The third-order valence-electron chi connectivity index (χ3n) is 4.94. The molecule has 1 aliphatic carbocycles. The van der Waals surface area contributed by atoms with E-state index in [2.05, 4.69) is 84.9 Å². The number of benzene rings is 3. The van der Waals surface area contributed by atoms with Gasteiger partial charge in [0, 0.05) is 11.7 Å². The zero-order valence-electron chi connectivity index (χ0n) is 13.7. The Morgan fingerprint density at radius 3 is 1.88 bits per heavy atom. The van der Waals surface area contributed by atoms with Gasteiger partial charge in [-0.3, -0.25) is 0 Å². The molecule has 0 spiro atoms. The van der Waals surface area contributed by atoms with E-state index in [1.54, 1.807) is 0 Å². The molecule has 0 aromatic heterocycles. The summed E-state index contributed by atoms with van der Waals surface area (Å²) >= 11 is 0. The van der Waals surface area contributed by atoms with Crippen molar-refractivity contribution in [2.45, 2.75) is 24.5 Å². The predicted molar refractivity (Wildman–Crippen MR) is 105 cm³/mol. The Labute approximate surface area is 145 Å². The molecule has 1 nitrogen and oxygen atoms in total. The summed E-state index contributed by atoms with van der Waals surface area (Å²) in [6.45, 7) is 0. The van der Waals surface area contributed by atoms with E-state index in [-0.39, 0.29) is 6.04 Å². The van der Waals surface area contributed by atoms with Crippen LogP contribution in [0.5, 0.6) is 0 Å². The average molecular weight is 331 g/mol. The van der Waals surface area contributed by atoms with Crippen molar-refractivity contribution in [3.8, 4) is 0 Å². The Kier molecular flexibility index (Phi) is 4.47. The first kappa shape index (κ1) is 15.6. The maximum absolute atomic E-state index is 6.78. The molecule has 2 heteroatoms. The molecule has 24 heavy (non-hydrogen) atoms. The van der Waals surface area contributed by atoms with Crippen LogP contribution in [0.25, 0.3) is 0 Å². The molecule has 3 aromatic rings. The van der Waals surface area contributed by atoms with Crippen LogP contribution in [-0.4, -0.2) is 5.66 Å². The Morgan fingerprint density at radius 2 is 1.25 bits per heavy atom. The molecule has 0 saturated heterocycles. The first-order chi connectivity index (χ1) is 11.8. The second kappa shape index (κ2) is 6.89. The van der Waals surface area contributed by atoms with Gasteiger partial charge < -0.3 is 5.73 Å². The van der Waals surface area contributed by atoms with E-state index in [0.717, 1.165) is 12.8 Å². The lowest BCUT2D eigenvalue weighted by atomic mass is 9.88. The molecule has 4 rings (SSSR count). The Bertz CT molecular complexity index is 761. The lowest BCUT2D eigenvalue weighted by Gasteiger charge is -2.37. The first-order valence-corrected chi connectivity index (χ1v) is 9.98. The number of hydrogen-bond acceptors (Lipinski definition) is 1. The van der Waals surface area contributed by atoms with Crippen LogP contribution < -0.4 is 16.3 Å². The second-order valence-corrected chi connectivity index (χ2v) is 8.81. The molecule has 0 radical (unpaired) electrons. The SMILES string of the molecule is NC1c2ccccc2CCC1P(c1ccccc1)c1ccccc1. The van der Waals surface area contributed by atoms with Gasteiger partial charge >= 0.3 is 0 Å². The summed E-state index contributed by atoms with van der Waals surface area (Å²) in [7, 11) is -0.458. The lowest BCUT2D eigenvalue weighted by Crippen LogP contribution is -2.35. The molecular weight excluding hydrogens is 309 g/mol. The summed E-state index contributed by atoms with van der Waals surface area (Å²) in [6.07, 6.45) is 2.29. The summed E-state index contributed by atoms with van der Waals surface area (Å²) in [5.41, 5.74) is 10.0. The molecule has 0 aliphatic heterocycles. The normalized spacial score (nSPS) is 19.9. The predicted octanol–water partition coefficient (Wildman–Crippen LogP) is 4.13. The van der Waals surface area contributed by atoms with Crippen LogP contribution in [0.4, 0.5) is 0 Å². The van der Waals surface area contributed by atoms with Gasteiger partial charge in [-0.05, 0) is 42.5 Å². The molecule has 0 fully saturated rings. The number of hydrogen-bond donors (Lipinski definition) is 1. The van der Waals surface area contributed by atoms with Crippen molar-refractivity contribution < 1.29 is 0 Å². The highest BCUT2D eigenvalue weighted by molar-refractivity contribution is 7.73. The minimum absolute atomic E-state index is 0.112. The molecule has 2 unspecified atom stereocenters. The Balaban J connectivity index is 1.78. The van der Waals surface area contributed by atoms with E-state index < -0.39 is 7.92 Å². The number of aryl methyl sites for hydroxylation is 1. The van der Waals surface area contributed by atoms with Gasteiger partial charge in [0.05, 0.1) is 0 Å².